The van der Waals surface area contributed by atoms with E-state index in [1.165, 1.54) is 12.8 Å². The maximum absolute atomic E-state index is 12.6. The SMILES string of the molecule is CC(C)[N+]1(C)[C@@H]2CC[C@H]1CC(OC(=O)[C@@H](CO)c1ccccc1)C2. The first-order valence-corrected chi connectivity index (χ1v) is 9.18. The fraction of sp³-hybridized carbons (Fsp3) is 0.650. The summed E-state index contributed by atoms with van der Waals surface area (Å²) in [5.41, 5.74) is 0.826. The molecule has 0 spiro atoms. The Labute approximate surface area is 145 Å². The van der Waals surface area contributed by atoms with Gasteiger partial charge in [-0.2, -0.15) is 0 Å². The average Bonchev–Trinajstić information content (AvgIpc) is 2.74. The summed E-state index contributed by atoms with van der Waals surface area (Å²) in [4.78, 5) is 12.6. The third kappa shape index (κ3) is 2.98. The Hall–Kier alpha value is -1.39. The summed E-state index contributed by atoms with van der Waals surface area (Å²) >= 11 is 0. The van der Waals surface area contributed by atoms with Crippen molar-refractivity contribution in [3.8, 4) is 0 Å². The second-order valence-electron chi connectivity index (χ2n) is 7.88. The molecule has 0 saturated carbocycles. The molecule has 132 valence electrons. The normalized spacial score (nSPS) is 33.5. The van der Waals surface area contributed by atoms with Gasteiger partial charge in [0.2, 0.25) is 0 Å². The number of aliphatic hydroxyl groups is 1. The topological polar surface area (TPSA) is 46.5 Å². The van der Waals surface area contributed by atoms with Gasteiger partial charge < -0.3 is 14.3 Å². The molecule has 0 amide bonds. The van der Waals surface area contributed by atoms with Crippen LogP contribution in [0.1, 0.15) is 51.0 Å². The van der Waals surface area contributed by atoms with Crippen LogP contribution in [-0.2, 0) is 9.53 Å². The Morgan fingerprint density at radius 3 is 2.29 bits per heavy atom. The first-order chi connectivity index (χ1) is 11.5. The van der Waals surface area contributed by atoms with Crippen LogP contribution in [0, 0.1) is 0 Å². The molecular formula is C20H30NO3+. The lowest BCUT2D eigenvalue weighted by molar-refractivity contribution is -0.968. The quantitative estimate of drug-likeness (QED) is 0.666. The van der Waals surface area contributed by atoms with E-state index in [0.29, 0.717) is 18.1 Å². The Morgan fingerprint density at radius 2 is 1.79 bits per heavy atom. The van der Waals surface area contributed by atoms with Crippen LogP contribution in [0.15, 0.2) is 30.3 Å². The Morgan fingerprint density at radius 1 is 1.21 bits per heavy atom. The number of nitrogens with zero attached hydrogens (tertiary/aromatic N) is 1. The highest BCUT2D eigenvalue weighted by Crippen LogP contribution is 2.44. The molecule has 4 nitrogen and oxygen atoms in total. The van der Waals surface area contributed by atoms with E-state index in [-0.39, 0.29) is 18.7 Å². The number of piperidine rings is 1. The minimum atomic E-state index is -0.572. The zero-order chi connectivity index (χ0) is 17.3. The van der Waals surface area contributed by atoms with Crippen LogP contribution in [0.2, 0.25) is 0 Å². The van der Waals surface area contributed by atoms with Gasteiger partial charge >= 0.3 is 5.97 Å². The third-order valence-corrected chi connectivity index (χ3v) is 6.54. The molecule has 1 N–H and O–H groups in total. The zero-order valence-corrected chi connectivity index (χ0v) is 15.0. The molecule has 0 aromatic heterocycles. The lowest BCUT2D eigenvalue weighted by atomic mass is 9.94. The van der Waals surface area contributed by atoms with E-state index in [4.69, 9.17) is 4.74 Å². The van der Waals surface area contributed by atoms with Crippen LogP contribution in [0.5, 0.6) is 0 Å². The van der Waals surface area contributed by atoms with Gasteiger partial charge in [-0.3, -0.25) is 4.79 Å². The minimum Gasteiger partial charge on any atom is -0.461 e. The lowest BCUT2D eigenvalue weighted by Crippen LogP contribution is -2.62. The highest BCUT2D eigenvalue weighted by Gasteiger charge is 2.53. The number of aliphatic hydroxyl groups excluding tert-OH is 1. The van der Waals surface area contributed by atoms with Crippen molar-refractivity contribution in [2.45, 2.75) is 69.7 Å². The first-order valence-electron chi connectivity index (χ1n) is 9.18. The maximum atomic E-state index is 12.6. The number of benzene rings is 1. The summed E-state index contributed by atoms with van der Waals surface area (Å²) in [7, 11) is 2.37. The first kappa shape index (κ1) is 17.4. The molecule has 2 bridgehead atoms. The van der Waals surface area contributed by atoms with Crippen molar-refractivity contribution in [2.24, 2.45) is 0 Å². The van der Waals surface area contributed by atoms with Crippen molar-refractivity contribution in [3.63, 3.8) is 0 Å². The summed E-state index contributed by atoms with van der Waals surface area (Å²) in [5, 5.41) is 9.65. The predicted octanol–water partition coefficient (Wildman–Crippen LogP) is 2.85. The minimum absolute atomic E-state index is 0.00212. The van der Waals surface area contributed by atoms with Crippen LogP contribution in [0.3, 0.4) is 0 Å². The summed E-state index contributed by atoms with van der Waals surface area (Å²) in [6, 6.07) is 11.2. The van der Waals surface area contributed by atoms with E-state index in [2.05, 4.69) is 20.9 Å². The molecule has 2 fully saturated rings. The predicted molar refractivity (Wildman–Crippen MR) is 93.5 cm³/mol. The number of rotatable bonds is 5. The fourth-order valence-electron chi connectivity index (χ4n) is 4.82. The van der Waals surface area contributed by atoms with Crippen molar-refractivity contribution in [3.05, 3.63) is 35.9 Å². The summed E-state index contributed by atoms with van der Waals surface area (Å²) in [5.74, 6) is -0.856. The lowest BCUT2D eigenvalue weighted by Gasteiger charge is -2.49. The molecule has 4 heteroatoms. The number of carbonyl (C=O) groups excluding carboxylic acids is 1. The van der Waals surface area contributed by atoms with Gasteiger partial charge in [-0.1, -0.05) is 30.3 Å². The van der Waals surface area contributed by atoms with Gasteiger partial charge in [-0.05, 0) is 19.4 Å². The standard InChI is InChI=1S/C20H30NO3/c1-14(2)21(3)16-9-10-17(21)12-18(11-16)24-20(23)19(13-22)15-7-5-4-6-8-15/h4-8,14,16-19,22H,9-13H2,1-3H3/q+1/t16-,17+,18?,19-,21?/m0/s1. The van der Waals surface area contributed by atoms with E-state index in [1.54, 1.807) is 0 Å². The highest BCUT2D eigenvalue weighted by atomic mass is 16.5. The highest BCUT2D eigenvalue weighted by molar-refractivity contribution is 5.78. The molecule has 24 heavy (non-hydrogen) atoms. The summed E-state index contributed by atoms with van der Waals surface area (Å²) in [6.45, 7) is 4.39. The molecule has 2 heterocycles. The smallest absolute Gasteiger partial charge is 0.316 e. The van der Waals surface area contributed by atoms with Crippen molar-refractivity contribution in [1.82, 2.24) is 0 Å². The molecule has 1 aromatic rings. The summed E-state index contributed by atoms with van der Waals surface area (Å²) < 4.78 is 6.96. The fourth-order valence-corrected chi connectivity index (χ4v) is 4.82. The second kappa shape index (κ2) is 6.85. The Kier molecular flexibility index (Phi) is 4.97. The number of quaternary nitrogens is 1. The largest absolute Gasteiger partial charge is 0.461 e. The number of ether oxygens (including phenoxy) is 1. The van der Waals surface area contributed by atoms with Gasteiger partial charge in [0.05, 0.1) is 31.8 Å². The van der Waals surface area contributed by atoms with E-state index in [1.807, 2.05) is 30.3 Å². The molecule has 2 saturated heterocycles. The Balaban J connectivity index is 1.66. The van der Waals surface area contributed by atoms with E-state index < -0.39 is 5.92 Å². The van der Waals surface area contributed by atoms with E-state index >= 15 is 0 Å². The monoisotopic (exact) mass is 332 g/mol. The average molecular weight is 332 g/mol. The molecule has 0 radical (unpaired) electrons. The van der Waals surface area contributed by atoms with E-state index in [0.717, 1.165) is 22.9 Å². The van der Waals surface area contributed by atoms with Crippen LogP contribution >= 0.6 is 0 Å². The van der Waals surface area contributed by atoms with Crippen molar-refractivity contribution in [1.29, 1.82) is 0 Å². The maximum Gasteiger partial charge on any atom is 0.316 e. The molecule has 1 aromatic carbocycles. The van der Waals surface area contributed by atoms with Gasteiger partial charge in [-0.15, -0.1) is 0 Å². The van der Waals surface area contributed by atoms with Crippen LogP contribution in [0.4, 0.5) is 0 Å². The Bertz CT molecular complexity index is 558. The number of esters is 1. The zero-order valence-electron chi connectivity index (χ0n) is 15.0. The van der Waals surface area contributed by atoms with Gasteiger partial charge in [-0.25, -0.2) is 0 Å². The van der Waals surface area contributed by atoms with Crippen LogP contribution in [-0.4, -0.2) is 53.4 Å². The van der Waals surface area contributed by atoms with Gasteiger partial charge in [0.15, 0.2) is 0 Å². The second-order valence-corrected chi connectivity index (χ2v) is 7.88. The van der Waals surface area contributed by atoms with E-state index in [9.17, 15) is 9.90 Å². The van der Waals surface area contributed by atoms with Crippen LogP contribution in [0.25, 0.3) is 0 Å². The number of carbonyl (C=O) groups is 1. The van der Waals surface area contributed by atoms with Crippen LogP contribution < -0.4 is 0 Å². The summed E-state index contributed by atoms with van der Waals surface area (Å²) in [6.07, 6.45) is 4.36. The van der Waals surface area contributed by atoms with Gasteiger partial charge in [0.25, 0.3) is 0 Å². The molecule has 3 rings (SSSR count). The third-order valence-electron chi connectivity index (χ3n) is 6.54. The van der Waals surface area contributed by atoms with Crippen molar-refractivity contribution < 1.29 is 19.1 Å². The molecule has 2 aliphatic heterocycles. The number of fused-ring (bicyclic) bond motifs is 2. The van der Waals surface area contributed by atoms with Gasteiger partial charge in [0.1, 0.15) is 12.0 Å². The molecule has 2 aliphatic rings. The molecule has 0 aliphatic carbocycles. The molecular weight excluding hydrogens is 302 g/mol. The van der Waals surface area contributed by atoms with Crippen molar-refractivity contribution in [2.75, 3.05) is 13.7 Å². The molecule has 5 atom stereocenters. The van der Waals surface area contributed by atoms with Gasteiger partial charge in [0, 0.05) is 25.7 Å². The molecule has 2 unspecified atom stereocenters. The number of hydrogen-bond acceptors (Lipinski definition) is 3. The number of hydrogen-bond donors (Lipinski definition) is 1. The van der Waals surface area contributed by atoms with Crippen molar-refractivity contribution >= 4 is 5.97 Å².